The highest BCUT2D eigenvalue weighted by atomic mass is 32.2. The van der Waals surface area contributed by atoms with Gasteiger partial charge in [-0.15, -0.1) is 11.8 Å². The molecule has 1 aromatic carbocycles. The van der Waals surface area contributed by atoms with E-state index < -0.39 is 0 Å². The van der Waals surface area contributed by atoms with Crippen LogP contribution < -0.4 is 5.32 Å². The summed E-state index contributed by atoms with van der Waals surface area (Å²) in [7, 11) is 0. The number of carbonyl (C=O) groups excluding carboxylic acids is 1. The van der Waals surface area contributed by atoms with Gasteiger partial charge in [-0.3, -0.25) is 14.8 Å². The molecule has 25 heavy (non-hydrogen) atoms. The highest BCUT2D eigenvalue weighted by molar-refractivity contribution is 7.99. The number of pyridine rings is 2. The van der Waals surface area contributed by atoms with Crippen molar-refractivity contribution in [1.29, 1.82) is 0 Å². The van der Waals surface area contributed by atoms with E-state index in [0.717, 1.165) is 22.6 Å². The lowest BCUT2D eigenvalue weighted by Crippen LogP contribution is -2.23. The number of nitrogens with zero attached hydrogens (tertiary/aromatic N) is 2. The van der Waals surface area contributed by atoms with Gasteiger partial charge in [0.1, 0.15) is 0 Å². The molecule has 5 heteroatoms. The summed E-state index contributed by atoms with van der Waals surface area (Å²) in [6.45, 7) is 0.505. The van der Waals surface area contributed by atoms with Crippen molar-refractivity contribution in [3.63, 3.8) is 0 Å². The second-order valence-corrected chi connectivity index (χ2v) is 6.65. The van der Waals surface area contributed by atoms with Crippen molar-refractivity contribution in [2.24, 2.45) is 0 Å². The topological polar surface area (TPSA) is 54.9 Å². The molecule has 0 aliphatic carbocycles. The highest BCUT2D eigenvalue weighted by Crippen LogP contribution is 2.18. The Bertz CT molecular complexity index is 809. The van der Waals surface area contributed by atoms with Crippen molar-refractivity contribution in [3.05, 3.63) is 78.8 Å². The fraction of sp³-hybridized carbons (Fsp3) is 0.150. The number of nitrogens with one attached hydrogen (secondary N) is 1. The first-order valence-electron chi connectivity index (χ1n) is 8.11. The van der Waals surface area contributed by atoms with Gasteiger partial charge in [0.05, 0.1) is 5.69 Å². The maximum absolute atomic E-state index is 12.0. The second-order valence-electron chi connectivity index (χ2n) is 5.48. The lowest BCUT2D eigenvalue weighted by molar-refractivity contribution is -0.120. The third-order valence-electron chi connectivity index (χ3n) is 3.61. The second kappa shape index (κ2) is 8.99. The molecular formula is C20H19N3OS. The van der Waals surface area contributed by atoms with Gasteiger partial charge in [0, 0.05) is 47.8 Å². The van der Waals surface area contributed by atoms with E-state index in [1.165, 1.54) is 4.90 Å². The minimum absolute atomic E-state index is 0.0585. The van der Waals surface area contributed by atoms with Gasteiger partial charge in [0.2, 0.25) is 5.91 Å². The average Bonchev–Trinajstić information content (AvgIpc) is 2.68. The third kappa shape index (κ3) is 5.43. The van der Waals surface area contributed by atoms with Crippen LogP contribution in [0.15, 0.2) is 78.1 Å². The highest BCUT2D eigenvalue weighted by Gasteiger charge is 2.04. The van der Waals surface area contributed by atoms with Crippen LogP contribution in [0.2, 0.25) is 0 Å². The average molecular weight is 349 g/mol. The number of benzene rings is 1. The smallest absolute Gasteiger partial charge is 0.221 e. The SMILES string of the molecule is O=C(CCSc1ccccc1)NCc1ccnc(-c2cccnc2)c1. The molecule has 0 spiro atoms. The summed E-state index contributed by atoms with van der Waals surface area (Å²) in [5.74, 6) is 0.829. The molecule has 3 rings (SSSR count). The molecule has 0 saturated carbocycles. The van der Waals surface area contributed by atoms with Gasteiger partial charge in [-0.25, -0.2) is 0 Å². The molecule has 126 valence electrons. The fourth-order valence-electron chi connectivity index (χ4n) is 2.32. The predicted molar refractivity (Wildman–Crippen MR) is 101 cm³/mol. The van der Waals surface area contributed by atoms with Gasteiger partial charge in [-0.2, -0.15) is 0 Å². The fourth-order valence-corrected chi connectivity index (χ4v) is 3.20. The Balaban J connectivity index is 1.47. The standard InChI is InChI=1S/C20H19N3OS/c24-20(9-12-25-18-6-2-1-3-7-18)23-14-16-8-11-22-19(13-16)17-5-4-10-21-15-17/h1-8,10-11,13,15H,9,12,14H2,(H,23,24). The van der Waals surface area contributed by atoms with E-state index in [1.807, 2.05) is 42.5 Å². The molecule has 1 N–H and O–H groups in total. The minimum Gasteiger partial charge on any atom is -0.352 e. The Morgan fingerprint density at radius 1 is 1.04 bits per heavy atom. The zero-order valence-corrected chi connectivity index (χ0v) is 14.6. The van der Waals surface area contributed by atoms with Gasteiger partial charge in [0.25, 0.3) is 0 Å². The van der Waals surface area contributed by atoms with E-state index in [0.29, 0.717) is 13.0 Å². The number of carbonyl (C=O) groups is 1. The molecule has 0 radical (unpaired) electrons. The molecule has 0 bridgehead atoms. The first-order valence-corrected chi connectivity index (χ1v) is 9.10. The molecule has 4 nitrogen and oxygen atoms in total. The number of amides is 1. The molecule has 0 aliphatic heterocycles. The first kappa shape index (κ1) is 17.2. The van der Waals surface area contributed by atoms with Gasteiger partial charge in [-0.1, -0.05) is 18.2 Å². The molecule has 1 amide bonds. The van der Waals surface area contributed by atoms with Gasteiger partial charge in [-0.05, 0) is 42.0 Å². The lowest BCUT2D eigenvalue weighted by Gasteiger charge is -2.07. The molecule has 2 heterocycles. The van der Waals surface area contributed by atoms with Crippen molar-refractivity contribution in [2.45, 2.75) is 17.9 Å². The molecule has 0 unspecified atom stereocenters. The van der Waals surface area contributed by atoms with Crippen molar-refractivity contribution in [3.8, 4) is 11.3 Å². The summed E-state index contributed by atoms with van der Waals surface area (Å²) in [5, 5.41) is 2.97. The molecule has 0 atom stereocenters. The van der Waals surface area contributed by atoms with Crippen molar-refractivity contribution in [1.82, 2.24) is 15.3 Å². The summed E-state index contributed by atoms with van der Waals surface area (Å²) in [4.78, 5) is 21.7. The Morgan fingerprint density at radius 2 is 1.92 bits per heavy atom. The van der Waals surface area contributed by atoms with Crippen LogP contribution in [0, 0.1) is 0 Å². The van der Waals surface area contributed by atoms with Crippen molar-refractivity contribution < 1.29 is 4.79 Å². The normalized spacial score (nSPS) is 10.4. The monoisotopic (exact) mass is 349 g/mol. The number of hydrogen-bond donors (Lipinski definition) is 1. The predicted octanol–water partition coefficient (Wildman–Crippen LogP) is 3.94. The van der Waals surface area contributed by atoms with Crippen LogP contribution in [0.4, 0.5) is 0 Å². The molecule has 0 fully saturated rings. The Morgan fingerprint density at radius 3 is 2.72 bits per heavy atom. The number of aromatic nitrogens is 2. The van der Waals surface area contributed by atoms with Crippen LogP contribution in [-0.4, -0.2) is 21.6 Å². The number of rotatable bonds is 7. The van der Waals surface area contributed by atoms with Gasteiger partial charge < -0.3 is 5.32 Å². The van der Waals surface area contributed by atoms with Crippen molar-refractivity contribution in [2.75, 3.05) is 5.75 Å². The summed E-state index contributed by atoms with van der Waals surface area (Å²) in [6.07, 6.45) is 5.78. The molecule has 3 aromatic rings. The largest absolute Gasteiger partial charge is 0.352 e. The first-order chi connectivity index (χ1) is 12.3. The Kier molecular flexibility index (Phi) is 6.17. The summed E-state index contributed by atoms with van der Waals surface area (Å²) < 4.78 is 0. The minimum atomic E-state index is 0.0585. The summed E-state index contributed by atoms with van der Waals surface area (Å²) >= 11 is 1.69. The quantitative estimate of drug-likeness (QED) is 0.657. The number of thioether (sulfide) groups is 1. The Hall–Kier alpha value is -2.66. The van der Waals surface area contributed by atoms with Gasteiger partial charge in [0.15, 0.2) is 0 Å². The molecule has 0 saturated heterocycles. The van der Waals surface area contributed by atoms with Crippen LogP contribution in [0.1, 0.15) is 12.0 Å². The number of hydrogen-bond acceptors (Lipinski definition) is 4. The van der Waals surface area contributed by atoms with Crippen LogP contribution in [0.25, 0.3) is 11.3 Å². The van der Waals surface area contributed by atoms with Crippen LogP contribution in [-0.2, 0) is 11.3 Å². The maximum Gasteiger partial charge on any atom is 0.221 e. The molecular weight excluding hydrogens is 330 g/mol. The van der Waals surface area contributed by atoms with E-state index >= 15 is 0 Å². The van der Waals surface area contributed by atoms with Crippen LogP contribution >= 0.6 is 11.8 Å². The Labute approximate surface area is 151 Å². The zero-order valence-electron chi connectivity index (χ0n) is 13.8. The van der Waals surface area contributed by atoms with Crippen LogP contribution in [0.3, 0.4) is 0 Å². The van der Waals surface area contributed by atoms with E-state index in [9.17, 15) is 4.79 Å². The zero-order chi connectivity index (χ0) is 17.3. The van der Waals surface area contributed by atoms with E-state index in [1.54, 1.807) is 30.4 Å². The van der Waals surface area contributed by atoms with E-state index in [4.69, 9.17) is 0 Å². The summed E-state index contributed by atoms with van der Waals surface area (Å²) in [6, 6.07) is 17.9. The van der Waals surface area contributed by atoms with Gasteiger partial charge >= 0.3 is 0 Å². The lowest BCUT2D eigenvalue weighted by atomic mass is 10.1. The van der Waals surface area contributed by atoms with Crippen LogP contribution in [0.5, 0.6) is 0 Å². The van der Waals surface area contributed by atoms with E-state index in [-0.39, 0.29) is 5.91 Å². The van der Waals surface area contributed by atoms with E-state index in [2.05, 4.69) is 27.4 Å². The summed E-state index contributed by atoms with van der Waals surface area (Å²) in [5.41, 5.74) is 2.85. The van der Waals surface area contributed by atoms with Crippen molar-refractivity contribution >= 4 is 17.7 Å². The third-order valence-corrected chi connectivity index (χ3v) is 4.63. The molecule has 2 aromatic heterocycles. The maximum atomic E-state index is 12.0. The molecule has 0 aliphatic rings.